The molecule has 0 amide bonds. The molecule has 1 fully saturated rings. The molecule has 1 rings (SSSR count). The molecule has 0 aromatic heterocycles. The summed E-state index contributed by atoms with van der Waals surface area (Å²) >= 11 is 0. The molecule has 1 aliphatic rings. The van der Waals surface area contributed by atoms with E-state index in [-0.39, 0.29) is 18.8 Å². The summed E-state index contributed by atoms with van der Waals surface area (Å²) in [5.74, 6) is 0. The van der Waals surface area contributed by atoms with E-state index in [4.69, 9.17) is 5.11 Å². The smallest absolute Gasteiger partial charge is 0.0664 e. The predicted molar refractivity (Wildman–Crippen MR) is 51.6 cm³/mol. The van der Waals surface area contributed by atoms with Crippen molar-refractivity contribution in [3.63, 3.8) is 0 Å². The van der Waals surface area contributed by atoms with Gasteiger partial charge in [-0.1, -0.05) is 6.92 Å². The summed E-state index contributed by atoms with van der Waals surface area (Å²) in [4.78, 5) is 2.20. The van der Waals surface area contributed by atoms with E-state index in [9.17, 15) is 5.11 Å². The molecule has 0 radical (unpaired) electrons. The Morgan fingerprint density at radius 2 is 2.38 bits per heavy atom. The minimum absolute atomic E-state index is 0.179. The van der Waals surface area contributed by atoms with Crippen molar-refractivity contribution in [1.29, 1.82) is 0 Å². The fourth-order valence-electron chi connectivity index (χ4n) is 1.61. The van der Waals surface area contributed by atoms with E-state index in [1.165, 1.54) is 0 Å². The Hall–Kier alpha value is -0.160. The summed E-state index contributed by atoms with van der Waals surface area (Å²) in [6, 6.07) is 0.179. The quantitative estimate of drug-likeness (QED) is 0.531. The first-order valence-electron chi connectivity index (χ1n) is 5.01. The number of β-amino-alcohol motifs (C(OH)–C–C–N with tert-alkyl or cyclic N) is 1. The van der Waals surface area contributed by atoms with Crippen molar-refractivity contribution in [2.75, 3.05) is 32.8 Å². The summed E-state index contributed by atoms with van der Waals surface area (Å²) in [5, 5.41) is 21.6. The third-order valence-corrected chi connectivity index (χ3v) is 2.50. The highest BCUT2D eigenvalue weighted by Gasteiger charge is 2.19. The predicted octanol–water partition coefficient (Wildman–Crippen LogP) is -0.977. The third-order valence-electron chi connectivity index (χ3n) is 2.50. The third kappa shape index (κ3) is 3.60. The molecule has 0 unspecified atom stereocenters. The molecular weight excluding hydrogens is 168 g/mol. The number of rotatable bonds is 4. The van der Waals surface area contributed by atoms with Gasteiger partial charge in [-0.2, -0.15) is 0 Å². The second-order valence-corrected chi connectivity index (χ2v) is 3.66. The Kier molecular flexibility index (Phi) is 4.66. The van der Waals surface area contributed by atoms with Crippen LogP contribution < -0.4 is 5.32 Å². The van der Waals surface area contributed by atoms with E-state index >= 15 is 0 Å². The van der Waals surface area contributed by atoms with Crippen LogP contribution in [-0.2, 0) is 0 Å². The van der Waals surface area contributed by atoms with Gasteiger partial charge in [0.05, 0.1) is 12.7 Å². The van der Waals surface area contributed by atoms with Crippen molar-refractivity contribution in [1.82, 2.24) is 10.2 Å². The molecule has 4 heteroatoms. The van der Waals surface area contributed by atoms with Crippen LogP contribution in [0.25, 0.3) is 0 Å². The van der Waals surface area contributed by atoms with Crippen LogP contribution in [0.2, 0.25) is 0 Å². The van der Waals surface area contributed by atoms with Crippen molar-refractivity contribution in [3.05, 3.63) is 0 Å². The molecule has 0 spiro atoms. The number of hydrogen-bond donors (Lipinski definition) is 3. The molecular formula is C9H20N2O2. The van der Waals surface area contributed by atoms with E-state index in [1.807, 2.05) is 6.92 Å². The summed E-state index contributed by atoms with van der Waals surface area (Å²) in [5.41, 5.74) is 0. The number of nitrogens with one attached hydrogen (secondary N) is 1. The molecule has 4 nitrogen and oxygen atoms in total. The van der Waals surface area contributed by atoms with Gasteiger partial charge in [-0.15, -0.1) is 0 Å². The Balaban J connectivity index is 2.25. The van der Waals surface area contributed by atoms with Crippen molar-refractivity contribution in [3.8, 4) is 0 Å². The summed E-state index contributed by atoms with van der Waals surface area (Å²) in [6.07, 6.45) is 0.575. The van der Waals surface area contributed by atoms with Gasteiger partial charge in [-0.25, -0.2) is 0 Å². The van der Waals surface area contributed by atoms with Crippen molar-refractivity contribution in [2.24, 2.45) is 0 Å². The van der Waals surface area contributed by atoms with Crippen LogP contribution in [0.5, 0.6) is 0 Å². The van der Waals surface area contributed by atoms with Gasteiger partial charge in [-0.05, 0) is 6.42 Å². The van der Waals surface area contributed by atoms with E-state index in [1.54, 1.807) is 0 Å². The first kappa shape index (κ1) is 10.9. The highest BCUT2D eigenvalue weighted by atomic mass is 16.3. The largest absolute Gasteiger partial charge is 0.395 e. The first-order chi connectivity index (χ1) is 6.26. The minimum atomic E-state index is -0.225. The summed E-state index contributed by atoms with van der Waals surface area (Å²) in [6.45, 7) is 5.60. The Bertz CT molecular complexity index is 142. The molecule has 1 saturated heterocycles. The van der Waals surface area contributed by atoms with Crippen molar-refractivity contribution >= 4 is 0 Å². The van der Waals surface area contributed by atoms with E-state index < -0.39 is 0 Å². The van der Waals surface area contributed by atoms with Crippen LogP contribution in [0.3, 0.4) is 0 Å². The first-order valence-corrected chi connectivity index (χ1v) is 5.01. The lowest BCUT2D eigenvalue weighted by Crippen LogP contribution is -2.53. The van der Waals surface area contributed by atoms with E-state index in [0.717, 1.165) is 32.6 Å². The van der Waals surface area contributed by atoms with Crippen molar-refractivity contribution < 1.29 is 10.2 Å². The average Bonchev–Trinajstić information content (AvgIpc) is 2.18. The van der Waals surface area contributed by atoms with Gasteiger partial charge in [0, 0.05) is 32.2 Å². The normalized spacial score (nSPS) is 27.5. The van der Waals surface area contributed by atoms with Gasteiger partial charge in [-0.3, -0.25) is 4.90 Å². The molecule has 3 N–H and O–H groups in total. The average molecular weight is 188 g/mol. The van der Waals surface area contributed by atoms with Gasteiger partial charge >= 0.3 is 0 Å². The van der Waals surface area contributed by atoms with Gasteiger partial charge in [0.1, 0.15) is 0 Å². The number of aliphatic hydroxyl groups is 2. The molecule has 0 aliphatic carbocycles. The molecule has 0 saturated carbocycles. The lowest BCUT2D eigenvalue weighted by atomic mass is 10.2. The second-order valence-electron chi connectivity index (χ2n) is 3.66. The van der Waals surface area contributed by atoms with Crippen molar-refractivity contribution in [2.45, 2.75) is 25.5 Å². The zero-order valence-corrected chi connectivity index (χ0v) is 8.24. The van der Waals surface area contributed by atoms with Gasteiger partial charge in [0.2, 0.25) is 0 Å². The van der Waals surface area contributed by atoms with Crippen LogP contribution in [0.15, 0.2) is 0 Å². The molecule has 0 bridgehead atoms. The number of nitrogens with zero attached hydrogens (tertiary/aromatic N) is 1. The number of piperazine rings is 1. The van der Waals surface area contributed by atoms with E-state index in [0.29, 0.717) is 0 Å². The lowest BCUT2D eigenvalue weighted by Gasteiger charge is -2.33. The molecule has 0 aromatic rings. The van der Waals surface area contributed by atoms with Crippen LogP contribution >= 0.6 is 0 Å². The highest BCUT2D eigenvalue weighted by Crippen LogP contribution is 2.01. The maximum atomic E-state index is 9.44. The Morgan fingerprint density at radius 1 is 1.62 bits per heavy atom. The molecule has 1 aliphatic heterocycles. The minimum Gasteiger partial charge on any atom is -0.395 e. The second kappa shape index (κ2) is 5.54. The maximum absolute atomic E-state index is 9.44. The van der Waals surface area contributed by atoms with Crippen LogP contribution in [-0.4, -0.2) is 60.0 Å². The Morgan fingerprint density at radius 3 is 3.00 bits per heavy atom. The lowest BCUT2D eigenvalue weighted by molar-refractivity contribution is 0.0802. The monoisotopic (exact) mass is 188 g/mol. The topological polar surface area (TPSA) is 55.7 Å². The fraction of sp³-hybridized carbons (Fsp3) is 1.00. The molecule has 13 heavy (non-hydrogen) atoms. The zero-order chi connectivity index (χ0) is 9.68. The number of aliphatic hydroxyl groups excluding tert-OH is 2. The van der Waals surface area contributed by atoms with Gasteiger partial charge in [0.15, 0.2) is 0 Å². The Labute approximate surface area is 79.6 Å². The molecule has 2 atom stereocenters. The van der Waals surface area contributed by atoms with Crippen LogP contribution in [0.1, 0.15) is 13.3 Å². The SMILES string of the molecule is CC[C@@H](O)CN1CCN[C@H](CO)C1. The van der Waals surface area contributed by atoms with Gasteiger partial charge in [0.25, 0.3) is 0 Å². The number of hydrogen-bond acceptors (Lipinski definition) is 4. The molecule has 78 valence electrons. The summed E-state index contributed by atoms with van der Waals surface area (Å²) < 4.78 is 0. The maximum Gasteiger partial charge on any atom is 0.0664 e. The zero-order valence-electron chi connectivity index (χ0n) is 8.24. The highest BCUT2D eigenvalue weighted by molar-refractivity contribution is 4.78. The molecule has 0 aromatic carbocycles. The van der Waals surface area contributed by atoms with E-state index in [2.05, 4.69) is 10.2 Å². The molecule has 1 heterocycles. The summed E-state index contributed by atoms with van der Waals surface area (Å²) in [7, 11) is 0. The van der Waals surface area contributed by atoms with Gasteiger partial charge < -0.3 is 15.5 Å². The standard InChI is InChI=1S/C9H20N2O2/c1-2-9(13)6-11-4-3-10-8(5-11)7-12/h8-10,12-13H,2-7H2,1H3/t8-,9+/m0/s1. The van der Waals surface area contributed by atoms with Crippen LogP contribution in [0, 0.1) is 0 Å². The fourth-order valence-corrected chi connectivity index (χ4v) is 1.61. The van der Waals surface area contributed by atoms with Crippen LogP contribution in [0.4, 0.5) is 0 Å².